The summed E-state index contributed by atoms with van der Waals surface area (Å²) in [5.41, 5.74) is 4.42. The van der Waals surface area contributed by atoms with E-state index >= 15 is 0 Å². The van der Waals surface area contributed by atoms with Crippen LogP contribution in [-0.4, -0.2) is 30.2 Å². The van der Waals surface area contributed by atoms with E-state index in [4.69, 9.17) is 14.2 Å². The van der Waals surface area contributed by atoms with Gasteiger partial charge in [0.05, 0.1) is 7.11 Å². The van der Waals surface area contributed by atoms with E-state index in [0.29, 0.717) is 5.75 Å². The number of carbonyl (C=O) groups is 2. The van der Waals surface area contributed by atoms with E-state index in [1.54, 1.807) is 7.11 Å². The molecule has 4 rings (SSSR count). The Labute approximate surface area is 204 Å². The first-order valence-electron chi connectivity index (χ1n) is 11.4. The van der Waals surface area contributed by atoms with Gasteiger partial charge in [-0.15, -0.1) is 0 Å². The van der Waals surface area contributed by atoms with Crippen molar-refractivity contribution >= 4 is 23.0 Å². The SMILES string of the molecule is COc1ccc2[nH]c(C)c(C[C@H](NC(=O)OCc3ccccc3)C(=O)OCc3ccccc3)c2c1. The van der Waals surface area contributed by atoms with E-state index in [2.05, 4.69) is 10.3 Å². The highest BCUT2D eigenvalue weighted by Gasteiger charge is 2.26. The minimum Gasteiger partial charge on any atom is -0.497 e. The van der Waals surface area contributed by atoms with E-state index in [1.165, 1.54) is 0 Å². The Balaban J connectivity index is 1.52. The number of hydrogen-bond acceptors (Lipinski definition) is 5. The van der Waals surface area contributed by atoms with Crippen molar-refractivity contribution in [3.05, 3.63) is 101 Å². The monoisotopic (exact) mass is 472 g/mol. The molecule has 2 N–H and O–H groups in total. The zero-order chi connectivity index (χ0) is 24.6. The molecule has 0 spiro atoms. The minimum absolute atomic E-state index is 0.0990. The molecule has 35 heavy (non-hydrogen) atoms. The predicted molar refractivity (Wildman–Crippen MR) is 133 cm³/mol. The fourth-order valence-corrected chi connectivity index (χ4v) is 3.89. The van der Waals surface area contributed by atoms with E-state index in [0.717, 1.165) is 33.3 Å². The van der Waals surface area contributed by atoms with Gasteiger partial charge in [0.2, 0.25) is 0 Å². The van der Waals surface area contributed by atoms with E-state index < -0.39 is 18.1 Å². The van der Waals surface area contributed by atoms with Crippen LogP contribution >= 0.6 is 0 Å². The number of aryl methyl sites for hydroxylation is 1. The third kappa shape index (κ3) is 6.20. The number of nitrogens with one attached hydrogen (secondary N) is 2. The van der Waals surface area contributed by atoms with E-state index in [1.807, 2.05) is 85.8 Å². The van der Waals surface area contributed by atoms with Crippen LogP contribution < -0.4 is 10.1 Å². The smallest absolute Gasteiger partial charge is 0.408 e. The second-order valence-corrected chi connectivity index (χ2v) is 8.20. The molecule has 3 aromatic carbocycles. The molecule has 1 atom stereocenters. The molecular formula is C28H28N2O5. The fourth-order valence-electron chi connectivity index (χ4n) is 3.89. The standard InChI is InChI=1S/C28H28N2O5/c1-19-23(24-15-22(33-2)13-14-25(24)29-19)16-26(27(31)34-17-20-9-5-3-6-10-20)30-28(32)35-18-21-11-7-4-8-12-21/h3-15,26,29H,16-18H2,1-2H3,(H,30,32)/t26-/m0/s1. The lowest BCUT2D eigenvalue weighted by Crippen LogP contribution is -2.43. The molecule has 1 heterocycles. The van der Waals surface area contributed by atoms with Crippen molar-refractivity contribution in [3.8, 4) is 5.75 Å². The van der Waals surface area contributed by atoms with Crippen molar-refractivity contribution in [2.24, 2.45) is 0 Å². The molecule has 7 nitrogen and oxygen atoms in total. The number of esters is 1. The number of ether oxygens (including phenoxy) is 3. The maximum Gasteiger partial charge on any atom is 0.408 e. The zero-order valence-electron chi connectivity index (χ0n) is 19.7. The van der Waals surface area contributed by atoms with Crippen molar-refractivity contribution in [3.63, 3.8) is 0 Å². The summed E-state index contributed by atoms with van der Waals surface area (Å²) in [5, 5.41) is 3.62. The summed E-state index contributed by atoms with van der Waals surface area (Å²) in [5.74, 6) is 0.165. The van der Waals surface area contributed by atoms with Gasteiger partial charge in [0.1, 0.15) is 25.0 Å². The summed E-state index contributed by atoms with van der Waals surface area (Å²) in [6.45, 7) is 2.14. The highest BCUT2D eigenvalue weighted by molar-refractivity contribution is 5.88. The number of methoxy groups -OCH3 is 1. The molecule has 180 valence electrons. The van der Waals surface area contributed by atoms with Crippen LogP contribution in [0.25, 0.3) is 10.9 Å². The molecular weight excluding hydrogens is 444 g/mol. The Morgan fingerprint density at radius 3 is 2.14 bits per heavy atom. The normalized spacial score (nSPS) is 11.6. The van der Waals surface area contributed by atoms with Crippen molar-refractivity contribution < 1.29 is 23.8 Å². The number of aromatic nitrogens is 1. The third-order valence-corrected chi connectivity index (χ3v) is 5.75. The lowest BCUT2D eigenvalue weighted by atomic mass is 10.0. The first kappa shape index (κ1) is 23.9. The molecule has 0 aliphatic carbocycles. The number of benzene rings is 3. The highest BCUT2D eigenvalue weighted by atomic mass is 16.6. The van der Waals surface area contributed by atoms with Crippen molar-refractivity contribution in [2.75, 3.05) is 7.11 Å². The summed E-state index contributed by atoms with van der Waals surface area (Å²) in [7, 11) is 1.61. The average molecular weight is 473 g/mol. The van der Waals surface area contributed by atoms with Crippen LogP contribution in [0.15, 0.2) is 78.9 Å². The van der Waals surface area contributed by atoms with Gasteiger partial charge in [-0.2, -0.15) is 0 Å². The van der Waals surface area contributed by atoms with E-state index in [9.17, 15) is 9.59 Å². The van der Waals surface area contributed by atoms with Gasteiger partial charge in [0, 0.05) is 23.0 Å². The Hall–Kier alpha value is -4.26. The second-order valence-electron chi connectivity index (χ2n) is 8.20. The molecule has 4 aromatic rings. The van der Waals surface area contributed by atoms with Crippen molar-refractivity contribution in [1.29, 1.82) is 0 Å². The lowest BCUT2D eigenvalue weighted by molar-refractivity contribution is -0.147. The van der Waals surface area contributed by atoms with Gasteiger partial charge in [-0.3, -0.25) is 0 Å². The number of aromatic amines is 1. The predicted octanol–water partition coefficient (Wildman–Crippen LogP) is 5.07. The average Bonchev–Trinajstić information content (AvgIpc) is 3.20. The number of fused-ring (bicyclic) bond motifs is 1. The van der Waals surface area contributed by atoms with Crippen LogP contribution in [0.1, 0.15) is 22.4 Å². The maximum absolute atomic E-state index is 13.1. The largest absolute Gasteiger partial charge is 0.497 e. The molecule has 1 amide bonds. The van der Waals surface area contributed by atoms with Gasteiger partial charge in [0.15, 0.2) is 0 Å². The van der Waals surface area contributed by atoms with Gasteiger partial charge >= 0.3 is 12.1 Å². The summed E-state index contributed by atoms with van der Waals surface area (Å²) >= 11 is 0. The molecule has 0 saturated carbocycles. The van der Waals surface area contributed by atoms with Crippen LogP contribution in [0.2, 0.25) is 0 Å². The van der Waals surface area contributed by atoms with Crippen LogP contribution in [0.3, 0.4) is 0 Å². The topological polar surface area (TPSA) is 89.6 Å². The number of amides is 1. The van der Waals surface area contributed by atoms with Crippen molar-refractivity contribution in [2.45, 2.75) is 32.6 Å². The van der Waals surface area contributed by atoms with Gasteiger partial charge < -0.3 is 24.5 Å². The number of rotatable bonds is 9. The first-order chi connectivity index (χ1) is 17.0. The summed E-state index contributed by atoms with van der Waals surface area (Å²) in [4.78, 5) is 29.0. The Morgan fingerprint density at radius 2 is 1.51 bits per heavy atom. The molecule has 7 heteroatoms. The Morgan fingerprint density at radius 1 is 0.886 bits per heavy atom. The molecule has 0 saturated heterocycles. The molecule has 0 fully saturated rings. The Kier molecular flexibility index (Phi) is 7.67. The van der Waals surface area contributed by atoms with Gasteiger partial charge in [-0.05, 0) is 41.8 Å². The molecule has 1 aromatic heterocycles. The maximum atomic E-state index is 13.1. The minimum atomic E-state index is -0.939. The van der Waals surface area contributed by atoms with E-state index in [-0.39, 0.29) is 19.6 Å². The number of H-pyrrole nitrogens is 1. The van der Waals surface area contributed by atoms with Crippen LogP contribution in [0.5, 0.6) is 5.75 Å². The van der Waals surface area contributed by atoms with Crippen molar-refractivity contribution in [1.82, 2.24) is 10.3 Å². The lowest BCUT2D eigenvalue weighted by Gasteiger charge is -2.18. The zero-order valence-corrected chi connectivity index (χ0v) is 19.7. The second kappa shape index (κ2) is 11.2. The molecule has 0 aliphatic heterocycles. The van der Waals surface area contributed by atoms with Gasteiger partial charge in [0.25, 0.3) is 0 Å². The van der Waals surface area contributed by atoms with Crippen LogP contribution in [0, 0.1) is 6.92 Å². The van der Waals surface area contributed by atoms with Gasteiger partial charge in [-0.1, -0.05) is 60.7 Å². The molecule has 0 bridgehead atoms. The quantitative estimate of drug-likeness (QED) is 0.332. The third-order valence-electron chi connectivity index (χ3n) is 5.75. The highest BCUT2D eigenvalue weighted by Crippen LogP contribution is 2.27. The Bertz CT molecular complexity index is 1280. The van der Waals surface area contributed by atoms with Crippen LogP contribution in [-0.2, 0) is 33.9 Å². The summed E-state index contributed by atoms with van der Waals surface area (Å²) in [6, 6.07) is 23.5. The number of alkyl carbamates (subject to hydrolysis) is 1. The fraction of sp³-hybridized carbons (Fsp3) is 0.214. The molecule has 0 unspecified atom stereocenters. The first-order valence-corrected chi connectivity index (χ1v) is 11.4. The molecule has 0 radical (unpaired) electrons. The summed E-state index contributed by atoms with van der Waals surface area (Å²) < 4.78 is 16.3. The number of carbonyl (C=O) groups excluding carboxylic acids is 2. The molecule has 0 aliphatic rings. The van der Waals surface area contributed by atoms with Gasteiger partial charge in [-0.25, -0.2) is 9.59 Å². The van der Waals surface area contributed by atoms with Crippen LogP contribution in [0.4, 0.5) is 4.79 Å². The number of hydrogen-bond donors (Lipinski definition) is 2. The summed E-state index contributed by atoms with van der Waals surface area (Å²) in [6.07, 6.45) is -0.460.